The minimum atomic E-state index is 0.663. The van der Waals surface area contributed by atoms with Crippen LogP contribution in [0.25, 0.3) is 0 Å². The van der Waals surface area contributed by atoms with E-state index >= 15 is 0 Å². The van der Waals surface area contributed by atoms with Crippen LogP contribution >= 0.6 is 15.9 Å². The summed E-state index contributed by atoms with van der Waals surface area (Å²) in [5.74, 6) is 0.856. The van der Waals surface area contributed by atoms with E-state index in [-0.39, 0.29) is 0 Å². The van der Waals surface area contributed by atoms with Crippen molar-refractivity contribution in [2.45, 2.75) is 6.92 Å². The molecule has 0 fully saturated rings. The highest BCUT2D eigenvalue weighted by molar-refractivity contribution is 9.10. The van der Waals surface area contributed by atoms with Crippen LogP contribution in [-0.2, 0) is 0 Å². The molecule has 0 saturated heterocycles. The lowest BCUT2D eigenvalue weighted by Crippen LogP contribution is -1.93. The van der Waals surface area contributed by atoms with Gasteiger partial charge in [-0.2, -0.15) is 0 Å². The molecule has 2 aromatic rings. The van der Waals surface area contributed by atoms with Crippen LogP contribution in [0.2, 0.25) is 0 Å². The van der Waals surface area contributed by atoms with Crippen molar-refractivity contribution in [1.82, 2.24) is 0 Å². The molecule has 0 bridgehead atoms. The minimum Gasteiger partial charge on any atom is -0.493 e. The van der Waals surface area contributed by atoms with Crippen molar-refractivity contribution < 1.29 is 4.74 Å². The Kier molecular flexibility index (Phi) is 4.53. The SMILES string of the molecule is CCOc1ccc(C=Nc2ccccc2)cc1Br. The Morgan fingerprint density at radius 3 is 2.61 bits per heavy atom. The average Bonchev–Trinajstić information content (AvgIpc) is 2.41. The second-order valence-electron chi connectivity index (χ2n) is 3.72. The summed E-state index contributed by atoms with van der Waals surface area (Å²) in [5.41, 5.74) is 1.98. The molecule has 0 unspecified atom stereocenters. The third-order valence-electron chi connectivity index (χ3n) is 2.37. The number of benzene rings is 2. The predicted molar refractivity (Wildman–Crippen MR) is 79.0 cm³/mol. The second kappa shape index (κ2) is 6.36. The Balaban J connectivity index is 2.15. The maximum Gasteiger partial charge on any atom is 0.133 e. The number of hydrogen-bond acceptors (Lipinski definition) is 2. The first-order valence-corrected chi connectivity index (χ1v) is 6.60. The van der Waals surface area contributed by atoms with Gasteiger partial charge in [0.25, 0.3) is 0 Å². The Hall–Kier alpha value is -1.61. The van der Waals surface area contributed by atoms with Crippen molar-refractivity contribution in [2.24, 2.45) is 4.99 Å². The molecular weight excluding hydrogens is 290 g/mol. The molecule has 0 atom stereocenters. The Labute approximate surface area is 115 Å². The summed E-state index contributed by atoms with van der Waals surface area (Å²) in [6.45, 7) is 2.63. The molecule has 0 radical (unpaired) electrons. The molecule has 2 rings (SSSR count). The monoisotopic (exact) mass is 303 g/mol. The van der Waals surface area contributed by atoms with Gasteiger partial charge in [0.1, 0.15) is 5.75 Å². The van der Waals surface area contributed by atoms with E-state index in [0.29, 0.717) is 6.61 Å². The van der Waals surface area contributed by atoms with Gasteiger partial charge < -0.3 is 4.74 Å². The van der Waals surface area contributed by atoms with E-state index in [1.165, 1.54) is 0 Å². The Morgan fingerprint density at radius 1 is 1.17 bits per heavy atom. The zero-order valence-electron chi connectivity index (χ0n) is 10.1. The first-order valence-electron chi connectivity index (χ1n) is 5.81. The van der Waals surface area contributed by atoms with E-state index in [1.807, 2.05) is 61.7 Å². The number of rotatable bonds is 4. The summed E-state index contributed by atoms with van der Waals surface area (Å²) in [4.78, 5) is 4.41. The van der Waals surface area contributed by atoms with Gasteiger partial charge in [-0.3, -0.25) is 4.99 Å². The number of halogens is 1. The lowest BCUT2D eigenvalue weighted by atomic mass is 10.2. The van der Waals surface area contributed by atoms with E-state index in [2.05, 4.69) is 20.9 Å². The number of nitrogens with zero attached hydrogens (tertiary/aromatic N) is 1. The quantitative estimate of drug-likeness (QED) is 0.757. The highest BCUT2D eigenvalue weighted by atomic mass is 79.9. The summed E-state index contributed by atoms with van der Waals surface area (Å²) >= 11 is 3.49. The molecule has 0 aliphatic rings. The van der Waals surface area contributed by atoms with Gasteiger partial charge in [0.2, 0.25) is 0 Å². The summed E-state index contributed by atoms with van der Waals surface area (Å²) < 4.78 is 6.41. The molecule has 0 amide bonds. The van der Waals surface area contributed by atoms with Crippen LogP contribution in [0.4, 0.5) is 5.69 Å². The smallest absolute Gasteiger partial charge is 0.133 e. The van der Waals surface area contributed by atoms with E-state index in [1.54, 1.807) is 0 Å². The largest absolute Gasteiger partial charge is 0.493 e. The predicted octanol–water partition coefficient (Wildman–Crippen LogP) is 4.60. The maximum absolute atomic E-state index is 5.46. The normalized spacial score (nSPS) is 10.8. The lowest BCUT2D eigenvalue weighted by molar-refractivity contribution is 0.338. The molecule has 0 N–H and O–H groups in total. The summed E-state index contributed by atoms with van der Waals surface area (Å²) in [6, 6.07) is 15.8. The van der Waals surface area contributed by atoms with Crippen LogP contribution in [0, 0.1) is 0 Å². The van der Waals surface area contributed by atoms with Crippen LogP contribution in [0.15, 0.2) is 58.0 Å². The van der Waals surface area contributed by atoms with Gasteiger partial charge in [-0.1, -0.05) is 18.2 Å². The van der Waals surface area contributed by atoms with Crippen LogP contribution in [0.3, 0.4) is 0 Å². The van der Waals surface area contributed by atoms with Gasteiger partial charge in [0.05, 0.1) is 16.8 Å². The Bertz CT molecular complexity index is 537. The minimum absolute atomic E-state index is 0.663. The van der Waals surface area contributed by atoms with Crippen molar-refractivity contribution in [3.8, 4) is 5.75 Å². The van der Waals surface area contributed by atoms with Crippen LogP contribution < -0.4 is 4.74 Å². The molecule has 3 heteroatoms. The first-order chi connectivity index (χ1) is 8.79. The standard InChI is InChI=1S/C15H14BrNO/c1-2-18-15-9-8-12(10-14(15)16)11-17-13-6-4-3-5-7-13/h3-11H,2H2,1H3. The van der Waals surface area contributed by atoms with E-state index in [4.69, 9.17) is 4.74 Å². The summed E-state index contributed by atoms with van der Waals surface area (Å²) in [5, 5.41) is 0. The molecule has 2 aromatic carbocycles. The number of aliphatic imine (C=N–C) groups is 1. The molecule has 2 nitrogen and oxygen atoms in total. The second-order valence-corrected chi connectivity index (χ2v) is 4.57. The summed E-state index contributed by atoms with van der Waals surface area (Å²) in [6.07, 6.45) is 1.84. The number of ether oxygens (including phenoxy) is 1. The summed E-state index contributed by atoms with van der Waals surface area (Å²) in [7, 11) is 0. The third-order valence-corrected chi connectivity index (χ3v) is 2.99. The van der Waals surface area contributed by atoms with Gasteiger partial charge in [0, 0.05) is 6.21 Å². The van der Waals surface area contributed by atoms with Crippen molar-refractivity contribution in [1.29, 1.82) is 0 Å². The molecule has 0 heterocycles. The molecule has 0 aliphatic heterocycles. The molecule has 0 saturated carbocycles. The molecule has 0 aliphatic carbocycles. The third kappa shape index (κ3) is 3.44. The molecule has 18 heavy (non-hydrogen) atoms. The molecule has 92 valence electrons. The zero-order chi connectivity index (χ0) is 12.8. The topological polar surface area (TPSA) is 21.6 Å². The van der Waals surface area contributed by atoms with Gasteiger partial charge in [-0.15, -0.1) is 0 Å². The zero-order valence-corrected chi connectivity index (χ0v) is 11.7. The van der Waals surface area contributed by atoms with Crippen molar-refractivity contribution in [2.75, 3.05) is 6.61 Å². The first kappa shape index (κ1) is 12.8. The van der Waals surface area contributed by atoms with Gasteiger partial charge in [-0.05, 0) is 58.7 Å². The Morgan fingerprint density at radius 2 is 1.94 bits per heavy atom. The maximum atomic E-state index is 5.46. The fourth-order valence-electron chi connectivity index (χ4n) is 1.53. The van der Waals surface area contributed by atoms with Gasteiger partial charge in [-0.25, -0.2) is 0 Å². The van der Waals surface area contributed by atoms with E-state index < -0.39 is 0 Å². The molecular formula is C15H14BrNO. The lowest BCUT2D eigenvalue weighted by Gasteiger charge is -2.05. The van der Waals surface area contributed by atoms with Gasteiger partial charge >= 0.3 is 0 Å². The fraction of sp³-hybridized carbons (Fsp3) is 0.133. The molecule has 0 aromatic heterocycles. The van der Waals surface area contributed by atoms with Crippen molar-refractivity contribution in [3.05, 3.63) is 58.6 Å². The number of para-hydroxylation sites is 1. The van der Waals surface area contributed by atoms with Crippen LogP contribution in [0.1, 0.15) is 12.5 Å². The van der Waals surface area contributed by atoms with E-state index in [9.17, 15) is 0 Å². The van der Waals surface area contributed by atoms with Gasteiger partial charge in [0.15, 0.2) is 0 Å². The van der Waals surface area contributed by atoms with Crippen LogP contribution in [0.5, 0.6) is 5.75 Å². The average molecular weight is 304 g/mol. The highest BCUT2D eigenvalue weighted by Crippen LogP contribution is 2.25. The number of hydrogen-bond donors (Lipinski definition) is 0. The van der Waals surface area contributed by atoms with E-state index in [0.717, 1.165) is 21.5 Å². The van der Waals surface area contributed by atoms with Crippen molar-refractivity contribution in [3.63, 3.8) is 0 Å². The van der Waals surface area contributed by atoms with Crippen molar-refractivity contribution >= 4 is 27.8 Å². The fourth-order valence-corrected chi connectivity index (χ4v) is 2.04. The highest BCUT2D eigenvalue weighted by Gasteiger charge is 2.00. The van der Waals surface area contributed by atoms with Crippen LogP contribution in [-0.4, -0.2) is 12.8 Å². The molecule has 0 spiro atoms.